The van der Waals surface area contributed by atoms with E-state index in [0.717, 1.165) is 54.9 Å². The molecule has 4 heterocycles. The number of carbonyl (C=O) groups is 3. The summed E-state index contributed by atoms with van der Waals surface area (Å²) in [5, 5.41) is 2.35. The number of benzene rings is 2. The Kier molecular flexibility index (Phi) is 4.95. The number of nitrogens with one attached hydrogen (secondary N) is 1. The standard InChI is InChI=1S/C26H26FN3O4/c27-17-3-1-2-16(12-17)13-29-10-8-26(9-11-29)15-34-23-19-14-30(21-6-7-22(31)28-24(21)32)25(33)18(19)4-5-20(23)26/h1-5,12,21H,6-11,13-15H2,(H,28,31,32). The lowest BCUT2D eigenvalue weighted by Gasteiger charge is -2.38. The highest BCUT2D eigenvalue weighted by atomic mass is 19.1. The molecule has 2 aromatic carbocycles. The number of fused-ring (bicyclic) bond motifs is 4. The molecular weight excluding hydrogens is 437 g/mol. The Labute approximate surface area is 196 Å². The lowest BCUT2D eigenvalue weighted by molar-refractivity contribution is -0.136. The van der Waals surface area contributed by atoms with Gasteiger partial charge in [0.05, 0.1) is 13.2 Å². The number of hydrogen-bond donors (Lipinski definition) is 1. The maximum atomic E-state index is 13.5. The van der Waals surface area contributed by atoms with Gasteiger partial charge in [-0.2, -0.15) is 0 Å². The van der Waals surface area contributed by atoms with Crippen molar-refractivity contribution < 1.29 is 23.5 Å². The van der Waals surface area contributed by atoms with Gasteiger partial charge in [0.25, 0.3) is 5.91 Å². The molecule has 1 N–H and O–H groups in total. The van der Waals surface area contributed by atoms with Crippen molar-refractivity contribution in [2.45, 2.75) is 50.2 Å². The zero-order valence-electron chi connectivity index (χ0n) is 18.8. The first-order valence-electron chi connectivity index (χ1n) is 11.8. The van der Waals surface area contributed by atoms with Crippen LogP contribution >= 0.6 is 0 Å². The van der Waals surface area contributed by atoms with E-state index in [4.69, 9.17) is 4.74 Å². The highest BCUT2D eigenvalue weighted by Crippen LogP contribution is 2.49. The molecule has 176 valence electrons. The fraction of sp³-hybridized carbons (Fsp3) is 0.423. The number of halogens is 1. The molecule has 4 aliphatic heterocycles. The summed E-state index contributed by atoms with van der Waals surface area (Å²) in [5.74, 6) is -0.294. The highest BCUT2D eigenvalue weighted by Gasteiger charge is 2.47. The number of piperidine rings is 2. The van der Waals surface area contributed by atoms with Crippen molar-refractivity contribution in [3.05, 3.63) is 64.5 Å². The predicted octanol–water partition coefficient (Wildman–Crippen LogP) is 2.51. The fourth-order valence-corrected chi connectivity index (χ4v) is 5.93. The van der Waals surface area contributed by atoms with Gasteiger partial charge >= 0.3 is 0 Å². The topological polar surface area (TPSA) is 79.0 Å². The van der Waals surface area contributed by atoms with E-state index >= 15 is 0 Å². The maximum Gasteiger partial charge on any atom is 0.255 e. The van der Waals surface area contributed by atoms with Crippen LogP contribution in [0, 0.1) is 5.82 Å². The lowest BCUT2D eigenvalue weighted by atomic mass is 9.74. The smallest absolute Gasteiger partial charge is 0.255 e. The summed E-state index contributed by atoms with van der Waals surface area (Å²) in [6.07, 6.45) is 2.44. The largest absolute Gasteiger partial charge is 0.492 e. The first-order valence-corrected chi connectivity index (χ1v) is 11.8. The van der Waals surface area contributed by atoms with E-state index in [1.54, 1.807) is 17.0 Å². The first kappa shape index (κ1) is 21.3. The van der Waals surface area contributed by atoms with Crippen molar-refractivity contribution in [3.63, 3.8) is 0 Å². The minimum absolute atomic E-state index is 0.0894. The number of nitrogens with zero attached hydrogens (tertiary/aromatic N) is 2. The van der Waals surface area contributed by atoms with Gasteiger partial charge in [0.2, 0.25) is 11.8 Å². The van der Waals surface area contributed by atoms with Crippen molar-refractivity contribution in [2.24, 2.45) is 0 Å². The average Bonchev–Trinajstić information content (AvgIpc) is 3.34. The number of amides is 3. The van der Waals surface area contributed by atoms with Crippen LogP contribution in [0.15, 0.2) is 36.4 Å². The number of ether oxygens (including phenoxy) is 1. The second kappa shape index (κ2) is 7.91. The zero-order chi connectivity index (χ0) is 23.4. The number of imide groups is 1. The van der Waals surface area contributed by atoms with Crippen LogP contribution in [0.4, 0.5) is 4.39 Å². The second-order valence-electron chi connectivity index (χ2n) is 9.84. The van der Waals surface area contributed by atoms with Crippen molar-refractivity contribution in [1.82, 2.24) is 15.1 Å². The molecule has 0 saturated carbocycles. The third-order valence-electron chi connectivity index (χ3n) is 7.84. The summed E-state index contributed by atoms with van der Waals surface area (Å²) in [6, 6.07) is 10.0. The molecule has 0 bridgehead atoms. The predicted molar refractivity (Wildman–Crippen MR) is 121 cm³/mol. The van der Waals surface area contributed by atoms with E-state index in [-0.39, 0.29) is 29.5 Å². The molecule has 3 amide bonds. The molecule has 4 aliphatic rings. The minimum atomic E-state index is -0.630. The fourth-order valence-electron chi connectivity index (χ4n) is 5.93. The molecule has 34 heavy (non-hydrogen) atoms. The van der Waals surface area contributed by atoms with Crippen molar-refractivity contribution in [2.75, 3.05) is 19.7 Å². The van der Waals surface area contributed by atoms with Crippen molar-refractivity contribution >= 4 is 17.7 Å². The molecule has 2 fully saturated rings. The SMILES string of the molecule is O=C1CCC(N2Cc3c(ccc4c3OCC43CCN(Cc4cccc(F)c4)CC3)C2=O)C(=O)N1. The van der Waals surface area contributed by atoms with Gasteiger partial charge < -0.3 is 9.64 Å². The molecule has 0 aromatic heterocycles. The Hall–Kier alpha value is -3.26. The summed E-state index contributed by atoms with van der Waals surface area (Å²) in [6.45, 7) is 3.40. The second-order valence-corrected chi connectivity index (χ2v) is 9.84. The third-order valence-corrected chi connectivity index (χ3v) is 7.84. The Morgan fingerprint density at radius 2 is 1.94 bits per heavy atom. The van der Waals surface area contributed by atoms with Gasteiger partial charge in [-0.1, -0.05) is 18.2 Å². The van der Waals surface area contributed by atoms with Crippen LogP contribution in [0.2, 0.25) is 0 Å². The zero-order valence-corrected chi connectivity index (χ0v) is 18.8. The van der Waals surface area contributed by atoms with Gasteiger partial charge in [-0.25, -0.2) is 4.39 Å². The Morgan fingerprint density at radius 1 is 1.12 bits per heavy atom. The molecule has 7 nitrogen and oxygen atoms in total. The molecule has 8 heteroatoms. The van der Waals surface area contributed by atoms with Crippen LogP contribution in [-0.2, 0) is 28.1 Å². The summed E-state index contributed by atoms with van der Waals surface area (Å²) in [7, 11) is 0. The molecule has 1 spiro atoms. The van der Waals surface area contributed by atoms with E-state index in [1.165, 1.54) is 6.07 Å². The van der Waals surface area contributed by atoms with Crippen LogP contribution < -0.4 is 10.1 Å². The van der Waals surface area contributed by atoms with Gasteiger partial charge in [-0.15, -0.1) is 0 Å². The van der Waals surface area contributed by atoms with Gasteiger partial charge in [-0.3, -0.25) is 24.6 Å². The van der Waals surface area contributed by atoms with E-state index in [9.17, 15) is 18.8 Å². The average molecular weight is 464 g/mol. The molecule has 0 radical (unpaired) electrons. The van der Waals surface area contributed by atoms with Gasteiger partial charge in [0.1, 0.15) is 17.6 Å². The third kappa shape index (κ3) is 3.39. The molecular formula is C26H26FN3O4. The summed E-state index contributed by atoms with van der Waals surface area (Å²) >= 11 is 0. The van der Waals surface area contributed by atoms with Crippen LogP contribution in [-0.4, -0.2) is 53.3 Å². The Morgan fingerprint density at radius 3 is 2.71 bits per heavy atom. The number of carbonyl (C=O) groups excluding carboxylic acids is 3. The Bertz CT molecular complexity index is 1200. The van der Waals surface area contributed by atoms with Gasteiger partial charge in [-0.05, 0) is 56.1 Å². The molecule has 2 saturated heterocycles. The number of rotatable bonds is 3. The normalized spacial score (nSPS) is 23.6. The number of hydrogen-bond acceptors (Lipinski definition) is 5. The summed E-state index contributed by atoms with van der Waals surface area (Å²) in [5.41, 5.74) is 3.47. The van der Waals surface area contributed by atoms with E-state index in [1.807, 2.05) is 18.2 Å². The Balaban J connectivity index is 1.20. The highest BCUT2D eigenvalue weighted by molar-refractivity contribution is 6.05. The van der Waals surface area contributed by atoms with E-state index in [2.05, 4.69) is 10.2 Å². The maximum absolute atomic E-state index is 13.5. The van der Waals surface area contributed by atoms with Crippen LogP contribution in [0.5, 0.6) is 5.75 Å². The molecule has 2 aromatic rings. The summed E-state index contributed by atoms with van der Waals surface area (Å²) < 4.78 is 19.8. The van der Waals surface area contributed by atoms with Gasteiger partial charge in [0, 0.05) is 35.1 Å². The number of likely N-dealkylation sites (tertiary alicyclic amines) is 1. The quantitative estimate of drug-likeness (QED) is 0.708. The lowest BCUT2D eigenvalue weighted by Crippen LogP contribution is -2.52. The minimum Gasteiger partial charge on any atom is -0.492 e. The van der Waals surface area contributed by atoms with Crippen molar-refractivity contribution in [1.29, 1.82) is 0 Å². The molecule has 1 unspecified atom stereocenters. The van der Waals surface area contributed by atoms with Crippen molar-refractivity contribution in [3.8, 4) is 5.75 Å². The summed E-state index contributed by atoms with van der Waals surface area (Å²) in [4.78, 5) is 40.9. The molecule has 6 rings (SSSR count). The van der Waals surface area contributed by atoms with Crippen LogP contribution in [0.3, 0.4) is 0 Å². The first-order chi connectivity index (χ1) is 16.4. The van der Waals surface area contributed by atoms with Crippen LogP contribution in [0.25, 0.3) is 0 Å². The van der Waals surface area contributed by atoms with Crippen LogP contribution in [0.1, 0.15) is 52.7 Å². The monoisotopic (exact) mass is 463 g/mol. The molecule has 1 atom stereocenters. The van der Waals surface area contributed by atoms with E-state index < -0.39 is 11.9 Å². The molecule has 0 aliphatic carbocycles. The van der Waals surface area contributed by atoms with Gasteiger partial charge in [0.15, 0.2) is 0 Å². The van der Waals surface area contributed by atoms with E-state index in [0.29, 0.717) is 25.1 Å².